The van der Waals surface area contributed by atoms with Crippen molar-refractivity contribution in [1.82, 2.24) is 0 Å². The van der Waals surface area contributed by atoms with E-state index in [2.05, 4.69) is 267 Å². The van der Waals surface area contributed by atoms with Crippen molar-refractivity contribution in [2.75, 3.05) is 0 Å². The lowest BCUT2D eigenvalue weighted by Crippen LogP contribution is -1.98. The largest absolute Gasteiger partial charge is 0.0622 e. The van der Waals surface area contributed by atoms with Crippen LogP contribution in [0.2, 0.25) is 0 Å². The molecule has 0 saturated carbocycles. The fourth-order valence-electron chi connectivity index (χ4n) is 12.5. The Labute approximate surface area is 419 Å². The third kappa shape index (κ3) is 6.06. The van der Waals surface area contributed by atoms with Crippen molar-refractivity contribution in [3.8, 4) is 89.0 Å². The van der Waals surface area contributed by atoms with E-state index in [0.29, 0.717) is 0 Å². The van der Waals surface area contributed by atoms with E-state index >= 15 is 0 Å². The summed E-state index contributed by atoms with van der Waals surface area (Å²) in [4.78, 5) is 0. The molecular weight excluding hydrogens is 865 g/mol. The van der Waals surface area contributed by atoms with Crippen molar-refractivity contribution >= 4 is 67.4 Å². The molecule has 0 aromatic heterocycles. The van der Waals surface area contributed by atoms with Gasteiger partial charge in [-0.2, -0.15) is 0 Å². The normalized spacial score (nSPS) is 12.3. The lowest BCUT2D eigenvalue weighted by atomic mass is 9.78. The summed E-state index contributed by atoms with van der Waals surface area (Å²) < 4.78 is 0. The highest BCUT2D eigenvalue weighted by atomic mass is 14.3. The van der Waals surface area contributed by atoms with Crippen molar-refractivity contribution in [1.29, 1.82) is 0 Å². The highest BCUT2D eigenvalue weighted by Crippen LogP contribution is 2.56. The third-order valence-corrected chi connectivity index (χ3v) is 15.6. The van der Waals surface area contributed by atoms with E-state index in [9.17, 15) is 0 Å². The zero-order valence-corrected chi connectivity index (χ0v) is 39.4. The van der Waals surface area contributed by atoms with Crippen LogP contribution in [0, 0.1) is 0 Å². The van der Waals surface area contributed by atoms with Gasteiger partial charge in [0.25, 0.3) is 0 Å². The molecular formula is C72H44. The van der Waals surface area contributed by atoms with Crippen molar-refractivity contribution in [2.24, 2.45) is 0 Å². The molecule has 72 heavy (non-hydrogen) atoms. The first-order valence-corrected chi connectivity index (χ1v) is 25.1. The zero-order chi connectivity index (χ0) is 47.3. The fourth-order valence-corrected chi connectivity index (χ4v) is 12.5. The zero-order valence-electron chi connectivity index (χ0n) is 39.4. The number of hydrogen-bond donors (Lipinski definition) is 0. The van der Waals surface area contributed by atoms with Crippen molar-refractivity contribution in [3.05, 3.63) is 265 Å². The summed E-state index contributed by atoms with van der Waals surface area (Å²) in [7, 11) is 0. The molecule has 0 saturated heterocycles. The van der Waals surface area contributed by atoms with Gasteiger partial charge in [-0.15, -0.1) is 0 Å². The van der Waals surface area contributed by atoms with Gasteiger partial charge in [0.15, 0.2) is 0 Å². The van der Waals surface area contributed by atoms with Crippen LogP contribution in [-0.2, 0) is 0 Å². The molecule has 0 nitrogen and oxygen atoms in total. The van der Waals surface area contributed by atoms with Gasteiger partial charge in [-0.1, -0.05) is 243 Å². The van der Waals surface area contributed by atoms with Crippen molar-refractivity contribution in [2.45, 2.75) is 0 Å². The summed E-state index contributed by atoms with van der Waals surface area (Å²) in [6.45, 7) is 0. The van der Waals surface area contributed by atoms with Gasteiger partial charge < -0.3 is 0 Å². The Bertz CT molecular complexity index is 3820. The maximum Gasteiger partial charge on any atom is -0.00134 e. The molecule has 0 aliphatic heterocycles. The molecule has 0 heteroatoms. The lowest BCUT2D eigenvalue weighted by Gasteiger charge is -2.24. The molecule has 13 aromatic carbocycles. The number of benzene rings is 13. The first-order valence-electron chi connectivity index (χ1n) is 25.1. The molecule has 15 rings (SSSR count). The molecule has 2 aliphatic rings. The van der Waals surface area contributed by atoms with E-state index in [4.69, 9.17) is 0 Å². The molecule has 2 aliphatic carbocycles. The average molecular weight is 909 g/mol. The van der Waals surface area contributed by atoms with E-state index in [1.807, 2.05) is 0 Å². The van der Waals surface area contributed by atoms with Gasteiger partial charge in [0.05, 0.1) is 0 Å². The van der Waals surface area contributed by atoms with E-state index in [0.717, 1.165) is 0 Å². The van der Waals surface area contributed by atoms with Gasteiger partial charge in [-0.25, -0.2) is 0 Å². The summed E-state index contributed by atoms with van der Waals surface area (Å²) in [5.41, 5.74) is 24.8. The van der Waals surface area contributed by atoms with Gasteiger partial charge in [0, 0.05) is 0 Å². The maximum atomic E-state index is 2.55. The summed E-state index contributed by atoms with van der Waals surface area (Å²) >= 11 is 0. The first-order chi connectivity index (χ1) is 35.8. The molecule has 0 unspecified atom stereocenters. The Morgan fingerprint density at radius 3 is 0.569 bits per heavy atom. The Hall–Kier alpha value is -9.36. The van der Waals surface area contributed by atoms with E-state index in [1.54, 1.807) is 0 Å². The molecule has 0 spiro atoms. The minimum atomic E-state index is 1.21. The monoisotopic (exact) mass is 908 g/mol. The Kier molecular flexibility index (Phi) is 9.06. The van der Waals surface area contributed by atoms with Crippen LogP contribution in [0.1, 0.15) is 22.3 Å². The maximum absolute atomic E-state index is 2.55. The predicted octanol–water partition coefficient (Wildman–Crippen LogP) is 20.0. The molecule has 0 N–H and O–H groups in total. The second-order valence-corrected chi connectivity index (χ2v) is 19.4. The van der Waals surface area contributed by atoms with Crippen molar-refractivity contribution < 1.29 is 0 Å². The molecule has 332 valence electrons. The molecule has 0 radical (unpaired) electrons. The molecule has 13 aromatic rings. The minimum absolute atomic E-state index is 1.21. The molecule has 0 bridgehead atoms. The first kappa shape index (κ1) is 40.5. The highest BCUT2D eigenvalue weighted by Gasteiger charge is 2.30. The van der Waals surface area contributed by atoms with E-state index < -0.39 is 0 Å². The Morgan fingerprint density at radius 2 is 0.347 bits per heavy atom. The molecule has 0 amide bonds. The predicted molar refractivity (Wildman–Crippen MR) is 309 cm³/mol. The minimum Gasteiger partial charge on any atom is -0.0622 e. The highest BCUT2D eigenvalue weighted by molar-refractivity contribution is 6.40. The quantitative estimate of drug-likeness (QED) is 0.105. The number of rotatable bonds is 8. The van der Waals surface area contributed by atoms with Gasteiger partial charge in [0.1, 0.15) is 0 Å². The standard InChI is InChI=1S/C72H44/c1-5-21-45(22-6-1)49-29-13-17-33-53(49)61-41-65-66-42-63(55-35-19-15-31-51(55)47-25-9-3-10-26-47)59-39-40-60-64(56-36-20-16-32-52(56)48-27-11-4-12-28-48)44-68(72(66)70(59)60)67-43-62(58-38-37-57(61)69(58)71(65)67)54-34-18-14-30-50(54)46-23-7-2-8-24-46/h1-44H. The number of fused-ring (bicyclic) bond motifs is 2. The summed E-state index contributed by atoms with van der Waals surface area (Å²) in [5, 5.41) is 10.4. The smallest absolute Gasteiger partial charge is 0.00134 e. The Balaban J connectivity index is 1.15. The second kappa shape index (κ2) is 16.1. The Morgan fingerprint density at radius 1 is 0.153 bits per heavy atom. The van der Waals surface area contributed by atoms with Crippen LogP contribution in [-0.4, -0.2) is 0 Å². The summed E-state index contributed by atoms with van der Waals surface area (Å²) in [6, 6.07) is 89.9. The van der Waals surface area contributed by atoms with Crippen LogP contribution in [0.4, 0.5) is 0 Å². The summed E-state index contributed by atoms with van der Waals surface area (Å²) in [6.07, 6.45) is 9.62. The van der Waals surface area contributed by atoms with E-state index in [-0.39, 0.29) is 0 Å². The summed E-state index contributed by atoms with van der Waals surface area (Å²) in [5.74, 6) is 0. The van der Waals surface area contributed by atoms with Gasteiger partial charge in [-0.3, -0.25) is 0 Å². The van der Waals surface area contributed by atoms with Gasteiger partial charge in [-0.05, 0) is 179 Å². The van der Waals surface area contributed by atoms with Crippen LogP contribution in [0.15, 0.2) is 243 Å². The van der Waals surface area contributed by atoms with Gasteiger partial charge in [0.2, 0.25) is 0 Å². The van der Waals surface area contributed by atoms with Crippen molar-refractivity contribution in [3.63, 3.8) is 0 Å². The van der Waals surface area contributed by atoms with Crippen LogP contribution in [0.25, 0.3) is 156 Å². The molecule has 0 atom stereocenters. The SMILES string of the molecule is C1=Cc2c(-c3ccccc3-c3ccccc3)cc3c4cc(-c5ccccc5-c5ccccc5)c5c6c(c(-c7ccccc7-c7ccccc7)cc(c7cc(-c8ccccc8-c8ccccc8)c1c2c73)c64)C=C5. The fraction of sp³-hybridized carbons (Fsp3) is 0. The second-order valence-electron chi connectivity index (χ2n) is 19.4. The van der Waals surface area contributed by atoms with E-state index in [1.165, 1.54) is 154 Å². The number of hydrogen-bond acceptors (Lipinski definition) is 0. The van der Waals surface area contributed by atoms with Gasteiger partial charge >= 0.3 is 0 Å². The molecule has 0 heterocycles. The van der Waals surface area contributed by atoms with Crippen LogP contribution < -0.4 is 0 Å². The van der Waals surface area contributed by atoms with Crippen LogP contribution in [0.3, 0.4) is 0 Å². The topological polar surface area (TPSA) is 0 Å². The molecule has 0 fully saturated rings. The van der Waals surface area contributed by atoms with Crippen LogP contribution >= 0.6 is 0 Å². The average Bonchev–Trinajstić information content (AvgIpc) is 4.12. The van der Waals surface area contributed by atoms with Crippen LogP contribution in [0.5, 0.6) is 0 Å². The lowest BCUT2D eigenvalue weighted by molar-refractivity contribution is 1.58. The third-order valence-electron chi connectivity index (χ3n) is 15.6.